The van der Waals surface area contributed by atoms with E-state index in [1.165, 1.54) is 13.3 Å². The smallest absolute Gasteiger partial charge is 0.337 e. The zero-order valence-corrected chi connectivity index (χ0v) is 9.25. The molecule has 0 unspecified atom stereocenters. The number of methoxy groups -OCH3 is 1. The van der Waals surface area contributed by atoms with Crippen LogP contribution >= 0.6 is 0 Å². The monoisotopic (exact) mass is 229 g/mol. The minimum absolute atomic E-state index is 0.125. The van der Waals surface area contributed by atoms with Crippen LogP contribution in [0.3, 0.4) is 0 Å². The lowest BCUT2D eigenvalue weighted by Gasteiger charge is -2.02. The summed E-state index contributed by atoms with van der Waals surface area (Å²) in [4.78, 5) is 15.3. The van der Waals surface area contributed by atoms with E-state index in [0.717, 1.165) is 11.3 Å². The van der Waals surface area contributed by atoms with Crippen LogP contribution in [0.4, 0.5) is 0 Å². The van der Waals surface area contributed by atoms with Gasteiger partial charge in [-0.1, -0.05) is 12.1 Å². The maximum atomic E-state index is 11.2. The van der Waals surface area contributed by atoms with Gasteiger partial charge in [0.2, 0.25) is 0 Å². The van der Waals surface area contributed by atoms with Crippen molar-refractivity contribution in [2.75, 3.05) is 7.11 Å². The maximum Gasteiger partial charge on any atom is 0.337 e. The van der Waals surface area contributed by atoms with Crippen molar-refractivity contribution in [3.05, 3.63) is 48.2 Å². The van der Waals surface area contributed by atoms with Crippen LogP contribution in [-0.2, 0) is 4.74 Å². The molecule has 1 aromatic heterocycles. The van der Waals surface area contributed by atoms with Gasteiger partial charge in [-0.2, -0.15) is 0 Å². The summed E-state index contributed by atoms with van der Waals surface area (Å²) in [5, 5.41) is 9.13. The van der Waals surface area contributed by atoms with Crippen LogP contribution in [0.5, 0.6) is 5.75 Å². The number of carbonyl (C=O) groups excluding carboxylic acids is 1. The van der Waals surface area contributed by atoms with Crippen molar-refractivity contribution in [2.24, 2.45) is 0 Å². The Morgan fingerprint density at radius 2 is 1.88 bits per heavy atom. The molecule has 0 aliphatic heterocycles. The molecule has 0 aliphatic rings. The fourth-order valence-corrected chi connectivity index (χ4v) is 1.45. The third-order valence-corrected chi connectivity index (χ3v) is 2.35. The van der Waals surface area contributed by atoms with Crippen molar-refractivity contribution in [3.8, 4) is 17.0 Å². The first-order chi connectivity index (χ1) is 8.20. The number of ether oxygens (including phenoxy) is 1. The first kappa shape index (κ1) is 11.1. The largest absolute Gasteiger partial charge is 0.506 e. The molecule has 4 nitrogen and oxygen atoms in total. The molecule has 0 bridgehead atoms. The van der Waals surface area contributed by atoms with Crippen molar-refractivity contribution in [3.63, 3.8) is 0 Å². The number of benzene rings is 1. The molecule has 0 spiro atoms. The average Bonchev–Trinajstić information content (AvgIpc) is 2.39. The Bertz CT molecular complexity index is 517. The van der Waals surface area contributed by atoms with Gasteiger partial charge in [-0.15, -0.1) is 0 Å². The molecule has 1 aromatic carbocycles. The van der Waals surface area contributed by atoms with Crippen molar-refractivity contribution < 1.29 is 14.6 Å². The molecule has 86 valence electrons. The Morgan fingerprint density at radius 1 is 1.18 bits per heavy atom. The number of carbonyl (C=O) groups is 1. The molecule has 0 saturated carbocycles. The summed E-state index contributed by atoms with van der Waals surface area (Å²) < 4.78 is 4.61. The van der Waals surface area contributed by atoms with Crippen molar-refractivity contribution in [1.82, 2.24) is 4.98 Å². The van der Waals surface area contributed by atoms with Gasteiger partial charge in [-0.05, 0) is 24.3 Å². The van der Waals surface area contributed by atoms with Crippen LogP contribution in [0.15, 0.2) is 42.6 Å². The fourth-order valence-electron chi connectivity index (χ4n) is 1.45. The third-order valence-electron chi connectivity index (χ3n) is 2.35. The molecule has 0 radical (unpaired) electrons. The number of aromatic nitrogens is 1. The zero-order valence-electron chi connectivity index (χ0n) is 9.25. The summed E-state index contributed by atoms with van der Waals surface area (Å²) in [5.41, 5.74) is 2.10. The number of rotatable bonds is 2. The summed E-state index contributed by atoms with van der Waals surface area (Å²) in [6.07, 6.45) is 1.38. The summed E-state index contributed by atoms with van der Waals surface area (Å²) in [6, 6.07) is 10.2. The lowest BCUT2D eigenvalue weighted by molar-refractivity contribution is 0.0601. The number of esters is 1. The third kappa shape index (κ3) is 2.42. The van der Waals surface area contributed by atoms with Gasteiger partial charge in [0.1, 0.15) is 5.75 Å². The molecule has 0 aliphatic carbocycles. The molecule has 2 aromatic rings. The maximum absolute atomic E-state index is 11.2. The Hall–Kier alpha value is -2.36. The molecule has 0 saturated heterocycles. The van der Waals surface area contributed by atoms with Gasteiger partial charge < -0.3 is 9.84 Å². The number of aromatic hydroxyl groups is 1. The van der Waals surface area contributed by atoms with Gasteiger partial charge in [0, 0.05) is 5.56 Å². The number of nitrogens with zero attached hydrogens (tertiary/aromatic N) is 1. The molecule has 1 N–H and O–H groups in total. The topological polar surface area (TPSA) is 59.4 Å². The number of hydrogen-bond acceptors (Lipinski definition) is 4. The molecule has 17 heavy (non-hydrogen) atoms. The number of pyridine rings is 1. The second-order valence-electron chi connectivity index (χ2n) is 3.47. The Kier molecular flexibility index (Phi) is 3.05. The lowest BCUT2D eigenvalue weighted by atomic mass is 10.1. The van der Waals surface area contributed by atoms with Gasteiger partial charge >= 0.3 is 5.97 Å². The summed E-state index contributed by atoms with van der Waals surface area (Å²) in [6.45, 7) is 0. The molecule has 0 atom stereocenters. The molecule has 0 amide bonds. The predicted octanol–water partition coefficient (Wildman–Crippen LogP) is 2.24. The highest BCUT2D eigenvalue weighted by molar-refractivity contribution is 5.89. The summed E-state index contributed by atoms with van der Waals surface area (Å²) in [5.74, 6) is -0.241. The highest BCUT2D eigenvalue weighted by Crippen LogP contribution is 2.19. The molecular weight excluding hydrogens is 218 g/mol. The second kappa shape index (κ2) is 4.65. The van der Waals surface area contributed by atoms with Crippen LogP contribution in [0.2, 0.25) is 0 Å². The Labute approximate surface area is 98.5 Å². The highest BCUT2D eigenvalue weighted by Gasteiger charge is 2.05. The van der Waals surface area contributed by atoms with Crippen LogP contribution in [0, 0.1) is 0 Å². The molecule has 4 heteroatoms. The Morgan fingerprint density at radius 3 is 2.41 bits per heavy atom. The predicted molar refractivity (Wildman–Crippen MR) is 62.7 cm³/mol. The van der Waals surface area contributed by atoms with E-state index in [2.05, 4.69) is 9.72 Å². The Balaban J connectivity index is 2.29. The average molecular weight is 229 g/mol. The van der Waals surface area contributed by atoms with Crippen molar-refractivity contribution >= 4 is 5.97 Å². The minimum Gasteiger partial charge on any atom is -0.506 e. The van der Waals surface area contributed by atoms with E-state index < -0.39 is 0 Å². The first-order valence-electron chi connectivity index (χ1n) is 5.04. The lowest BCUT2D eigenvalue weighted by Crippen LogP contribution is -2.00. The highest BCUT2D eigenvalue weighted by atomic mass is 16.5. The van der Waals surface area contributed by atoms with Gasteiger partial charge in [0.25, 0.3) is 0 Å². The number of hydrogen-bond donors (Lipinski definition) is 1. The van der Waals surface area contributed by atoms with E-state index in [-0.39, 0.29) is 11.7 Å². The molecule has 1 heterocycles. The standard InChI is InChI=1S/C13H11NO3/c1-17-13(16)10-4-2-9(3-5-10)12-7-6-11(15)8-14-12/h2-8,15H,1H3. The fraction of sp³-hybridized carbons (Fsp3) is 0.0769. The van der Waals surface area contributed by atoms with E-state index in [1.54, 1.807) is 36.4 Å². The quantitative estimate of drug-likeness (QED) is 0.802. The van der Waals surface area contributed by atoms with Crippen LogP contribution < -0.4 is 0 Å². The van der Waals surface area contributed by atoms with Gasteiger partial charge in [-0.25, -0.2) is 4.79 Å². The normalized spacial score (nSPS) is 9.94. The van der Waals surface area contributed by atoms with Gasteiger partial charge in [0.15, 0.2) is 0 Å². The van der Waals surface area contributed by atoms with E-state index in [9.17, 15) is 4.79 Å². The minimum atomic E-state index is -0.366. The van der Waals surface area contributed by atoms with E-state index in [4.69, 9.17) is 5.11 Å². The summed E-state index contributed by atoms with van der Waals surface area (Å²) in [7, 11) is 1.35. The van der Waals surface area contributed by atoms with Crippen LogP contribution in [-0.4, -0.2) is 23.2 Å². The van der Waals surface area contributed by atoms with Crippen molar-refractivity contribution in [2.45, 2.75) is 0 Å². The van der Waals surface area contributed by atoms with Gasteiger partial charge in [-0.3, -0.25) is 4.98 Å². The summed E-state index contributed by atoms with van der Waals surface area (Å²) >= 11 is 0. The van der Waals surface area contributed by atoms with Crippen molar-refractivity contribution in [1.29, 1.82) is 0 Å². The van der Waals surface area contributed by atoms with E-state index >= 15 is 0 Å². The van der Waals surface area contributed by atoms with Gasteiger partial charge in [0.05, 0.1) is 24.6 Å². The van der Waals surface area contributed by atoms with E-state index in [0.29, 0.717) is 5.56 Å². The zero-order chi connectivity index (χ0) is 12.3. The molecule has 0 fully saturated rings. The first-order valence-corrected chi connectivity index (χ1v) is 5.04. The SMILES string of the molecule is COC(=O)c1ccc(-c2ccc(O)cn2)cc1. The molecular formula is C13H11NO3. The molecule has 2 rings (SSSR count). The second-order valence-corrected chi connectivity index (χ2v) is 3.47. The van der Waals surface area contributed by atoms with E-state index in [1.807, 2.05) is 0 Å². The van der Waals surface area contributed by atoms with Crippen LogP contribution in [0.1, 0.15) is 10.4 Å². The van der Waals surface area contributed by atoms with Crippen LogP contribution in [0.25, 0.3) is 11.3 Å².